The molecular formula is C19H18ClFN4OS. The topological polar surface area (TPSA) is 52.2 Å². The molecule has 4 rings (SSSR count). The van der Waals surface area contributed by atoms with Crippen LogP contribution in [0.5, 0.6) is 0 Å². The van der Waals surface area contributed by atoms with Crippen LogP contribution in [0, 0.1) is 5.82 Å². The number of hydrogen-bond donors (Lipinski definition) is 1. The summed E-state index contributed by atoms with van der Waals surface area (Å²) in [5, 5.41) is 9.78. The van der Waals surface area contributed by atoms with Crippen molar-refractivity contribution in [3.05, 3.63) is 58.2 Å². The summed E-state index contributed by atoms with van der Waals surface area (Å²) in [5.74, 6) is 0.331. The number of nitrogens with zero attached hydrogens (tertiary/aromatic N) is 3. The Hall–Kier alpha value is -2.38. The van der Waals surface area contributed by atoms with Crippen LogP contribution in [0.1, 0.15) is 5.56 Å². The molecule has 8 heteroatoms. The number of benzene rings is 1. The van der Waals surface area contributed by atoms with Crippen LogP contribution in [0.15, 0.2) is 41.8 Å². The summed E-state index contributed by atoms with van der Waals surface area (Å²) >= 11 is 7.69. The Balaban J connectivity index is 1.37. The molecule has 3 aromatic rings. The first-order chi connectivity index (χ1) is 13.1. The zero-order chi connectivity index (χ0) is 18.8. The quantitative estimate of drug-likeness (QED) is 0.719. The molecule has 3 heterocycles. The average molecular weight is 405 g/mol. The SMILES string of the molecule is O=C(Cc1c(F)cccc1Cl)N1CCN(c2cc(-c3cccs3)[nH]n2)CC1. The van der Waals surface area contributed by atoms with Gasteiger partial charge in [0.2, 0.25) is 5.91 Å². The van der Waals surface area contributed by atoms with Crippen LogP contribution in [0.25, 0.3) is 10.6 Å². The Morgan fingerprint density at radius 2 is 2.04 bits per heavy atom. The van der Waals surface area contributed by atoms with Crippen LogP contribution in [-0.2, 0) is 11.2 Å². The zero-order valence-electron chi connectivity index (χ0n) is 14.5. The van der Waals surface area contributed by atoms with Gasteiger partial charge in [0, 0.05) is 42.8 Å². The Bertz CT molecular complexity index is 915. The zero-order valence-corrected chi connectivity index (χ0v) is 16.1. The van der Waals surface area contributed by atoms with Gasteiger partial charge in [-0.1, -0.05) is 23.7 Å². The predicted molar refractivity (Wildman–Crippen MR) is 106 cm³/mol. The molecule has 1 aromatic carbocycles. The molecule has 140 valence electrons. The molecule has 1 N–H and O–H groups in total. The number of anilines is 1. The lowest BCUT2D eigenvalue weighted by Gasteiger charge is -2.35. The fourth-order valence-electron chi connectivity index (χ4n) is 3.18. The number of amides is 1. The number of nitrogens with one attached hydrogen (secondary N) is 1. The van der Waals surface area contributed by atoms with E-state index < -0.39 is 5.82 Å². The minimum atomic E-state index is -0.438. The van der Waals surface area contributed by atoms with Crippen molar-refractivity contribution in [3.63, 3.8) is 0 Å². The van der Waals surface area contributed by atoms with Crippen molar-refractivity contribution in [3.8, 4) is 10.6 Å². The molecule has 0 spiro atoms. The number of thiophene rings is 1. The summed E-state index contributed by atoms with van der Waals surface area (Å²) < 4.78 is 13.9. The predicted octanol–water partition coefficient (Wildman–Crippen LogP) is 3.82. The molecule has 0 saturated carbocycles. The second-order valence-corrected chi connectivity index (χ2v) is 7.72. The summed E-state index contributed by atoms with van der Waals surface area (Å²) in [6, 6.07) is 10.6. The van der Waals surface area contributed by atoms with Crippen molar-refractivity contribution in [2.24, 2.45) is 0 Å². The highest BCUT2D eigenvalue weighted by Crippen LogP contribution is 2.26. The maximum Gasteiger partial charge on any atom is 0.227 e. The van der Waals surface area contributed by atoms with E-state index in [1.807, 2.05) is 23.6 Å². The summed E-state index contributed by atoms with van der Waals surface area (Å²) in [6.07, 6.45) is -0.0174. The molecule has 0 unspecified atom stereocenters. The first-order valence-electron chi connectivity index (χ1n) is 8.67. The van der Waals surface area contributed by atoms with Crippen LogP contribution in [0.4, 0.5) is 10.2 Å². The Morgan fingerprint density at radius 3 is 2.74 bits per heavy atom. The summed E-state index contributed by atoms with van der Waals surface area (Å²) in [7, 11) is 0. The van der Waals surface area contributed by atoms with E-state index in [0.29, 0.717) is 31.2 Å². The maximum absolute atomic E-state index is 13.9. The largest absolute Gasteiger partial charge is 0.352 e. The highest BCUT2D eigenvalue weighted by atomic mass is 35.5. The molecule has 1 aliphatic rings. The van der Waals surface area contributed by atoms with Gasteiger partial charge in [-0.25, -0.2) is 4.39 Å². The fraction of sp³-hybridized carbons (Fsp3) is 0.263. The fourth-order valence-corrected chi connectivity index (χ4v) is 4.10. The van der Waals surface area contributed by atoms with Crippen molar-refractivity contribution >= 4 is 34.7 Å². The first-order valence-corrected chi connectivity index (χ1v) is 9.92. The van der Waals surface area contributed by atoms with Crippen LogP contribution in [-0.4, -0.2) is 47.2 Å². The first kappa shape index (κ1) is 18.0. The molecule has 2 aromatic heterocycles. The van der Waals surface area contributed by atoms with Gasteiger partial charge in [-0.15, -0.1) is 11.3 Å². The molecular weight excluding hydrogens is 387 g/mol. The summed E-state index contributed by atoms with van der Waals surface area (Å²) in [4.78, 5) is 17.6. The number of aromatic amines is 1. The van der Waals surface area contributed by atoms with E-state index in [1.54, 1.807) is 28.4 Å². The van der Waals surface area contributed by atoms with Crippen LogP contribution in [0.3, 0.4) is 0 Å². The lowest BCUT2D eigenvalue weighted by molar-refractivity contribution is -0.130. The normalized spacial score (nSPS) is 14.6. The number of halogens is 2. The highest BCUT2D eigenvalue weighted by molar-refractivity contribution is 7.13. The number of hydrogen-bond acceptors (Lipinski definition) is 4. The third-order valence-electron chi connectivity index (χ3n) is 4.70. The van der Waals surface area contributed by atoms with Gasteiger partial charge in [0.1, 0.15) is 5.82 Å². The van der Waals surface area contributed by atoms with Crippen molar-refractivity contribution in [2.75, 3.05) is 31.1 Å². The molecule has 1 amide bonds. The third-order valence-corrected chi connectivity index (χ3v) is 5.95. The van der Waals surface area contributed by atoms with E-state index in [1.165, 1.54) is 6.07 Å². The van der Waals surface area contributed by atoms with E-state index >= 15 is 0 Å². The van der Waals surface area contributed by atoms with Crippen LogP contribution in [0.2, 0.25) is 5.02 Å². The smallest absolute Gasteiger partial charge is 0.227 e. The Labute approximate surface area is 165 Å². The summed E-state index contributed by atoms with van der Waals surface area (Å²) in [6.45, 7) is 2.52. The minimum absolute atomic E-state index is 0.0174. The molecule has 0 atom stereocenters. The lowest BCUT2D eigenvalue weighted by atomic mass is 10.1. The van der Waals surface area contributed by atoms with Gasteiger partial charge in [-0.05, 0) is 23.6 Å². The number of H-pyrrole nitrogens is 1. The molecule has 0 aliphatic carbocycles. The Kier molecular flexibility index (Phi) is 5.13. The minimum Gasteiger partial charge on any atom is -0.352 e. The number of carbonyl (C=O) groups is 1. The van der Waals surface area contributed by atoms with E-state index in [4.69, 9.17) is 11.6 Å². The third kappa shape index (κ3) is 3.84. The van der Waals surface area contributed by atoms with Crippen LogP contribution < -0.4 is 4.90 Å². The van der Waals surface area contributed by atoms with Crippen molar-refractivity contribution in [1.82, 2.24) is 15.1 Å². The van der Waals surface area contributed by atoms with E-state index in [2.05, 4.69) is 15.1 Å². The highest BCUT2D eigenvalue weighted by Gasteiger charge is 2.24. The Morgan fingerprint density at radius 1 is 1.22 bits per heavy atom. The van der Waals surface area contributed by atoms with Gasteiger partial charge in [0.25, 0.3) is 0 Å². The number of rotatable bonds is 4. The molecule has 1 fully saturated rings. The van der Waals surface area contributed by atoms with Crippen molar-refractivity contribution in [1.29, 1.82) is 0 Å². The van der Waals surface area contributed by atoms with E-state index in [9.17, 15) is 9.18 Å². The average Bonchev–Trinajstić information content (AvgIpc) is 3.36. The van der Waals surface area contributed by atoms with Gasteiger partial charge in [-0.2, -0.15) is 5.10 Å². The second kappa shape index (κ2) is 7.70. The molecule has 0 radical (unpaired) electrons. The molecule has 1 saturated heterocycles. The second-order valence-electron chi connectivity index (χ2n) is 6.36. The van der Waals surface area contributed by atoms with Gasteiger partial charge in [0.05, 0.1) is 17.0 Å². The van der Waals surface area contributed by atoms with Crippen molar-refractivity contribution < 1.29 is 9.18 Å². The van der Waals surface area contributed by atoms with E-state index in [0.717, 1.165) is 16.4 Å². The van der Waals surface area contributed by atoms with Gasteiger partial charge < -0.3 is 9.80 Å². The number of carbonyl (C=O) groups excluding carboxylic acids is 1. The van der Waals surface area contributed by atoms with Crippen molar-refractivity contribution in [2.45, 2.75) is 6.42 Å². The van der Waals surface area contributed by atoms with Gasteiger partial charge in [-0.3, -0.25) is 9.89 Å². The molecule has 0 bridgehead atoms. The molecule has 27 heavy (non-hydrogen) atoms. The standard InChI is InChI=1S/C19H18ClFN4OS/c20-14-3-1-4-15(21)13(14)11-19(26)25-8-6-24(7-9-25)18-12-16(22-23-18)17-5-2-10-27-17/h1-5,10,12H,6-9,11H2,(H,22,23). The van der Waals surface area contributed by atoms with Crippen LogP contribution >= 0.6 is 22.9 Å². The molecule has 5 nitrogen and oxygen atoms in total. The molecule has 1 aliphatic heterocycles. The lowest BCUT2D eigenvalue weighted by Crippen LogP contribution is -2.49. The summed E-state index contributed by atoms with van der Waals surface area (Å²) in [5.41, 5.74) is 1.26. The maximum atomic E-state index is 13.9. The monoisotopic (exact) mass is 404 g/mol. The number of piperazine rings is 1. The van der Waals surface area contributed by atoms with Gasteiger partial charge in [0.15, 0.2) is 5.82 Å². The number of aromatic nitrogens is 2. The van der Waals surface area contributed by atoms with Gasteiger partial charge >= 0.3 is 0 Å². The van der Waals surface area contributed by atoms with E-state index in [-0.39, 0.29) is 17.9 Å².